The largest absolute Gasteiger partial charge is 0.478 e. The zero-order valence-electron chi connectivity index (χ0n) is 19.7. The maximum atomic E-state index is 12.9. The maximum absolute atomic E-state index is 12.9. The molecule has 2 aromatic carbocycles. The predicted molar refractivity (Wildman–Crippen MR) is 131 cm³/mol. The van der Waals surface area contributed by atoms with E-state index in [1.807, 2.05) is 12.1 Å². The summed E-state index contributed by atoms with van der Waals surface area (Å²) in [4.78, 5) is 37.3. The van der Waals surface area contributed by atoms with Crippen LogP contribution in [0, 0.1) is 5.92 Å². The van der Waals surface area contributed by atoms with Crippen LogP contribution in [0.2, 0.25) is 0 Å². The number of guanidine groups is 1. The van der Waals surface area contributed by atoms with Gasteiger partial charge in [-0.2, -0.15) is 0 Å². The van der Waals surface area contributed by atoms with Gasteiger partial charge in [-0.15, -0.1) is 0 Å². The second kappa shape index (κ2) is 9.94. The first-order chi connectivity index (χ1) is 16.0. The molecule has 0 spiro atoms. The molecule has 1 aliphatic rings. The molecule has 0 radical (unpaired) electrons. The van der Waals surface area contributed by atoms with Crippen LogP contribution in [-0.4, -0.2) is 46.5 Å². The molecule has 1 unspecified atom stereocenters. The van der Waals surface area contributed by atoms with Crippen molar-refractivity contribution < 1.29 is 24.1 Å². The van der Waals surface area contributed by atoms with Crippen molar-refractivity contribution in [2.24, 2.45) is 17.4 Å². The third-order valence-electron chi connectivity index (χ3n) is 5.94. The van der Waals surface area contributed by atoms with E-state index in [2.05, 4.69) is 31.4 Å². The van der Waals surface area contributed by atoms with Gasteiger partial charge in [-0.05, 0) is 54.2 Å². The number of carboxylic acid groups (broad SMARTS) is 1. The fraction of sp³-hybridized carbons (Fsp3) is 0.360. The van der Waals surface area contributed by atoms with Crippen molar-refractivity contribution in [2.45, 2.75) is 39.0 Å². The lowest BCUT2D eigenvalue weighted by Crippen LogP contribution is -2.44. The van der Waals surface area contributed by atoms with Gasteiger partial charge in [0.05, 0.1) is 35.9 Å². The smallest absolute Gasteiger partial charge is 0.341 e. The highest BCUT2D eigenvalue weighted by atomic mass is 16.4. The topological polar surface area (TPSA) is 151 Å². The number of nitrogens with two attached hydrogens (primary N) is 2. The summed E-state index contributed by atoms with van der Waals surface area (Å²) in [6, 6.07) is 11.4. The monoisotopic (exact) mass is 466 g/mol. The molecule has 2 amide bonds. The summed E-state index contributed by atoms with van der Waals surface area (Å²) in [5.74, 6) is -1.97. The Morgan fingerprint density at radius 3 is 2.21 bits per heavy atom. The van der Waals surface area contributed by atoms with Crippen molar-refractivity contribution >= 4 is 35.1 Å². The number of hydrogen-bond donors (Lipinski definition) is 5. The van der Waals surface area contributed by atoms with Crippen LogP contribution in [0.1, 0.15) is 59.9 Å². The second-order valence-corrected chi connectivity index (χ2v) is 9.55. The van der Waals surface area contributed by atoms with Gasteiger partial charge in [-0.3, -0.25) is 25.6 Å². The van der Waals surface area contributed by atoms with Crippen LogP contribution in [0.25, 0.3) is 0 Å². The Kier molecular flexibility index (Phi) is 7.24. The highest BCUT2D eigenvalue weighted by Crippen LogP contribution is 2.27. The maximum Gasteiger partial charge on any atom is 0.341 e. The summed E-state index contributed by atoms with van der Waals surface area (Å²) >= 11 is 0. The Labute approximate surface area is 198 Å². The van der Waals surface area contributed by atoms with Crippen LogP contribution >= 0.6 is 0 Å². The van der Waals surface area contributed by atoms with Crippen molar-refractivity contribution in [1.29, 1.82) is 0 Å². The summed E-state index contributed by atoms with van der Waals surface area (Å²) in [5.41, 5.74) is 13.3. The number of rotatable bonds is 5. The average Bonchev–Trinajstić information content (AvgIpc) is 2.79. The standard InChI is InChI=1S/C25H31N5O4/c1-25(2,3)18-9-6-15(7-10-18)21(31)29-20-13-16(23(33)34)8-11-19(20)28-22(32)17-5-4-12-30(14-17)24(26)27/h6-11,13,17H,4-5,12,14H2,1-3H3,(H6,26,27,28,29,31,32,33,34)/p+1. The number of hydrogen-bond acceptors (Lipinski definition) is 3. The summed E-state index contributed by atoms with van der Waals surface area (Å²) in [5, 5.41) is 15.0. The van der Waals surface area contributed by atoms with Crippen LogP contribution < -0.4 is 22.1 Å². The Morgan fingerprint density at radius 1 is 0.971 bits per heavy atom. The van der Waals surface area contributed by atoms with E-state index in [9.17, 15) is 19.5 Å². The zero-order chi connectivity index (χ0) is 25.0. The Balaban J connectivity index is 1.83. The third kappa shape index (κ3) is 5.92. The number of carbonyl (C=O) groups excluding carboxylic acids is 2. The molecule has 9 heteroatoms. The van der Waals surface area contributed by atoms with E-state index in [0.29, 0.717) is 30.8 Å². The number of nitrogens with one attached hydrogen (secondary N) is 2. The molecule has 1 fully saturated rings. The first-order valence-corrected chi connectivity index (χ1v) is 11.2. The molecule has 34 heavy (non-hydrogen) atoms. The molecule has 9 nitrogen and oxygen atoms in total. The molecule has 0 bridgehead atoms. The van der Waals surface area contributed by atoms with Crippen molar-refractivity contribution in [1.82, 2.24) is 0 Å². The molecule has 1 saturated heterocycles. The number of carboxylic acids is 1. The normalized spacial score (nSPS) is 16.0. The molecule has 3 rings (SSSR count). The van der Waals surface area contributed by atoms with Gasteiger partial charge in [-0.25, -0.2) is 4.79 Å². The molecule has 180 valence electrons. The molecule has 1 heterocycles. The number of nitrogens with zero attached hydrogens (tertiary/aromatic N) is 1. The molecular formula is C25H32N5O4+. The molecule has 1 atom stereocenters. The predicted octanol–water partition coefficient (Wildman–Crippen LogP) is 2.57. The summed E-state index contributed by atoms with van der Waals surface area (Å²) in [7, 11) is 0. The average molecular weight is 467 g/mol. The minimum absolute atomic E-state index is 0.00859. The fourth-order valence-corrected chi connectivity index (χ4v) is 3.87. The fourth-order valence-electron chi connectivity index (χ4n) is 3.87. The lowest BCUT2D eigenvalue weighted by molar-refractivity contribution is -0.544. The molecule has 1 aliphatic heterocycles. The Bertz CT molecular complexity index is 1130. The van der Waals surface area contributed by atoms with E-state index in [1.54, 1.807) is 16.7 Å². The van der Waals surface area contributed by atoms with Crippen molar-refractivity contribution in [3.63, 3.8) is 0 Å². The molecular weight excluding hydrogens is 434 g/mol. The quantitative estimate of drug-likeness (QED) is 0.337. The summed E-state index contributed by atoms with van der Waals surface area (Å²) < 4.78 is 1.76. The van der Waals surface area contributed by atoms with Gasteiger partial charge >= 0.3 is 11.9 Å². The van der Waals surface area contributed by atoms with E-state index in [-0.39, 0.29) is 34.5 Å². The number of anilines is 2. The molecule has 0 saturated carbocycles. The van der Waals surface area contributed by atoms with Gasteiger partial charge in [0.2, 0.25) is 5.91 Å². The lowest BCUT2D eigenvalue weighted by atomic mass is 9.87. The number of carbonyl (C=O) groups is 3. The van der Waals surface area contributed by atoms with Crippen LogP contribution in [0.15, 0.2) is 42.5 Å². The SMILES string of the molecule is CC(C)(C)c1ccc(C(=O)Nc2cc(C(=O)O)ccc2NC(=O)C2CCC[N+](=C(N)N)C2)cc1. The van der Waals surface area contributed by atoms with Crippen molar-refractivity contribution in [3.8, 4) is 0 Å². The zero-order valence-corrected chi connectivity index (χ0v) is 19.7. The van der Waals surface area contributed by atoms with E-state index in [4.69, 9.17) is 11.5 Å². The number of piperidine rings is 1. The first-order valence-electron chi connectivity index (χ1n) is 11.2. The van der Waals surface area contributed by atoms with E-state index < -0.39 is 11.9 Å². The minimum Gasteiger partial charge on any atom is -0.478 e. The van der Waals surface area contributed by atoms with Crippen LogP contribution in [0.4, 0.5) is 11.4 Å². The van der Waals surface area contributed by atoms with Gasteiger partial charge in [0.15, 0.2) is 0 Å². The molecule has 7 N–H and O–H groups in total. The van der Waals surface area contributed by atoms with Crippen molar-refractivity contribution in [3.05, 3.63) is 59.2 Å². The van der Waals surface area contributed by atoms with Crippen LogP contribution in [0.3, 0.4) is 0 Å². The van der Waals surface area contributed by atoms with Gasteiger partial charge in [-0.1, -0.05) is 32.9 Å². The highest BCUT2D eigenvalue weighted by Gasteiger charge is 2.27. The number of benzene rings is 2. The Morgan fingerprint density at radius 2 is 1.62 bits per heavy atom. The van der Waals surface area contributed by atoms with E-state index in [0.717, 1.165) is 12.0 Å². The van der Waals surface area contributed by atoms with Crippen LogP contribution in [0.5, 0.6) is 0 Å². The second-order valence-electron chi connectivity index (χ2n) is 9.55. The third-order valence-corrected chi connectivity index (χ3v) is 5.94. The van der Waals surface area contributed by atoms with Gasteiger partial charge in [0.25, 0.3) is 5.91 Å². The lowest BCUT2D eigenvalue weighted by Gasteiger charge is -2.24. The summed E-state index contributed by atoms with van der Waals surface area (Å²) in [6.45, 7) is 7.33. The van der Waals surface area contributed by atoms with Gasteiger partial charge in [0.1, 0.15) is 0 Å². The summed E-state index contributed by atoms with van der Waals surface area (Å²) in [6.07, 6.45) is 1.44. The number of aromatic carboxylic acids is 1. The molecule has 0 aromatic heterocycles. The minimum atomic E-state index is -1.14. The van der Waals surface area contributed by atoms with Gasteiger partial charge in [0, 0.05) is 5.56 Å². The Hall–Kier alpha value is -3.88. The number of amides is 2. The van der Waals surface area contributed by atoms with E-state index >= 15 is 0 Å². The van der Waals surface area contributed by atoms with Crippen LogP contribution in [-0.2, 0) is 10.2 Å². The molecule has 0 aliphatic carbocycles. The highest BCUT2D eigenvalue weighted by molar-refractivity contribution is 6.08. The van der Waals surface area contributed by atoms with Crippen molar-refractivity contribution in [2.75, 3.05) is 23.7 Å². The molecule has 2 aromatic rings. The van der Waals surface area contributed by atoms with Gasteiger partial charge < -0.3 is 15.7 Å². The first kappa shape index (κ1) is 24.8. The van der Waals surface area contributed by atoms with E-state index in [1.165, 1.54) is 18.2 Å².